The summed E-state index contributed by atoms with van der Waals surface area (Å²) in [4.78, 5) is 0. The van der Waals surface area contributed by atoms with Crippen LogP contribution >= 0.6 is 0 Å². The average Bonchev–Trinajstić information content (AvgIpc) is 2.65. The van der Waals surface area contributed by atoms with Crippen molar-refractivity contribution in [3.05, 3.63) is 18.0 Å². The summed E-state index contributed by atoms with van der Waals surface area (Å²) in [5.41, 5.74) is 1.30. The van der Waals surface area contributed by atoms with E-state index in [9.17, 15) is 0 Å². The molecule has 0 spiro atoms. The summed E-state index contributed by atoms with van der Waals surface area (Å²) in [5, 5.41) is 7.56. The van der Waals surface area contributed by atoms with E-state index in [0.29, 0.717) is 6.04 Å². The van der Waals surface area contributed by atoms with Crippen LogP contribution in [0, 0.1) is 0 Å². The van der Waals surface area contributed by atoms with Crippen LogP contribution in [0.4, 0.5) is 0 Å². The molecule has 0 saturated carbocycles. The third-order valence-electron chi connectivity index (χ3n) is 2.82. The lowest BCUT2D eigenvalue weighted by Gasteiger charge is -2.13. The molecule has 15 heavy (non-hydrogen) atoms. The largest absolute Gasteiger partial charge is 0.313 e. The van der Waals surface area contributed by atoms with Crippen LogP contribution in [0.15, 0.2) is 12.4 Å². The maximum atomic E-state index is 4.21. The molecule has 0 fully saturated rings. The van der Waals surface area contributed by atoms with Gasteiger partial charge in [-0.1, -0.05) is 32.6 Å². The van der Waals surface area contributed by atoms with Gasteiger partial charge in [-0.05, 0) is 13.5 Å². The van der Waals surface area contributed by atoms with Gasteiger partial charge in [0.25, 0.3) is 0 Å². The van der Waals surface area contributed by atoms with Gasteiger partial charge in [0.2, 0.25) is 0 Å². The van der Waals surface area contributed by atoms with Crippen molar-refractivity contribution in [1.82, 2.24) is 15.1 Å². The molecule has 1 unspecified atom stereocenters. The van der Waals surface area contributed by atoms with E-state index < -0.39 is 0 Å². The maximum Gasteiger partial charge on any atom is 0.0537 e. The van der Waals surface area contributed by atoms with E-state index in [1.165, 1.54) is 37.7 Å². The summed E-state index contributed by atoms with van der Waals surface area (Å²) in [6.45, 7) is 2.25. The van der Waals surface area contributed by atoms with Gasteiger partial charge in [0.15, 0.2) is 0 Å². The fraction of sp³-hybridized carbons (Fsp3) is 0.750. The molecule has 1 rings (SSSR count). The Hall–Kier alpha value is -0.830. The topological polar surface area (TPSA) is 29.9 Å². The number of hydrogen-bond acceptors (Lipinski definition) is 2. The Kier molecular flexibility index (Phi) is 5.40. The minimum atomic E-state index is 0.468. The zero-order valence-electron chi connectivity index (χ0n) is 10.2. The first kappa shape index (κ1) is 12.2. The zero-order valence-corrected chi connectivity index (χ0v) is 10.2. The molecular formula is C12H23N3. The van der Waals surface area contributed by atoms with E-state index in [1.807, 2.05) is 25.0 Å². The second-order valence-corrected chi connectivity index (χ2v) is 4.14. The second-order valence-electron chi connectivity index (χ2n) is 4.14. The molecule has 0 amide bonds. The quantitative estimate of drug-likeness (QED) is 0.700. The Labute approximate surface area is 92.9 Å². The van der Waals surface area contributed by atoms with Gasteiger partial charge in [0, 0.05) is 24.8 Å². The highest BCUT2D eigenvalue weighted by Crippen LogP contribution is 2.18. The predicted octanol–water partition coefficient (Wildman–Crippen LogP) is 2.65. The predicted molar refractivity (Wildman–Crippen MR) is 63.8 cm³/mol. The van der Waals surface area contributed by atoms with Crippen molar-refractivity contribution < 1.29 is 0 Å². The normalized spacial score (nSPS) is 13.0. The van der Waals surface area contributed by atoms with Gasteiger partial charge in [0.05, 0.1) is 6.20 Å². The van der Waals surface area contributed by atoms with Gasteiger partial charge in [-0.3, -0.25) is 4.68 Å². The molecule has 1 N–H and O–H groups in total. The summed E-state index contributed by atoms with van der Waals surface area (Å²) in [6, 6.07) is 0.468. The number of nitrogens with one attached hydrogen (secondary N) is 1. The van der Waals surface area contributed by atoms with Crippen LogP contribution in [0.5, 0.6) is 0 Å². The van der Waals surface area contributed by atoms with Crippen LogP contribution < -0.4 is 5.32 Å². The number of nitrogens with zero attached hydrogens (tertiary/aromatic N) is 2. The standard InChI is InChI=1S/C12H23N3/c1-4-5-6-7-8-12(13-2)11-9-14-15(3)10-11/h9-10,12-13H,4-8H2,1-3H3. The first-order valence-corrected chi connectivity index (χ1v) is 5.93. The number of unbranched alkanes of at least 4 members (excludes halogenated alkanes) is 3. The molecule has 1 aromatic heterocycles. The van der Waals surface area contributed by atoms with Crippen LogP contribution in [-0.2, 0) is 7.05 Å². The minimum Gasteiger partial charge on any atom is -0.313 e. The molecule has 1 atom stereocenters. The lowest BCUT2D eigenvalue weighted by atomic mass is 10.0. The highest BCUT2D eigenvalue weighted by atomic mass is 15.2. The second kappa shape index (κ2) is 6.62. The van der Waals surface area contributed by atoms with Crippen molar-refractivity contribution in [3.8, 4) is 0 Å². The van der Waals surface area contributed by atoms with Gasteiger partial charge < -0.3 is 5.32 Å². The summed E-state index contributed by atoms with van der Waals surface area (Å²) in [7, 11) is 3.99. The van der Waals surface area contributed by atoms with E-state index >= 15 is 0 Å². The molecular weight excluding hydrogens is 186 g/mol. The van der Waals surface area contributed by atoms with Crippen LogP contribution in [0.3, 0.4) is 0 Å². The van der Waals surface area contributed by atoms with Gasteiger partial charge in [-0.25, -0.2) is 0 Å². The Bertz CT molecular complexity index is 268. The molecule has 1 heterocycles. The average molecular weight is 209 g/mol. The molecule has 0 radical (unpaired) electrons. The lowest BCUT2D eigenvalue weighted by Crippen LogP contribution is -2.15. The molecule has 1 aromatic rings. The van der Waals surface area contributed by atoms with E-state index in [2.05, 4.69) is 23.5 Å². The molecule has 3 heteroatoms. The fourth-order valence-corrected chi connectivity index (χ4v) is 1.87. The number of aryl methyl sites for hydroxylation is 1. The molecule has 86 valence electrons. The molecule has 0 aliphatic rings. The Morgan fingerprint density at radius 1 is 1.40 bits per heavy atom. The van der Waals surface area contributed by atoms with E-state index in [-0.39, 0.29) is 0 Å². The fourth-order valence-electron chi connectivity index (χ4n) is 1.87. The number of hydrogen-bond donors (Lipinski definition) is 1. The van der Waals surface area contributed by atoms with Crippen molar-refractivity contribution in [3.63, 3.8) is 0 Å². The summed E-state index contributed by atoms with van der Waals surface area (Å²) in [5.74, 6) is 0. The first-order valence-electron chi connectivity index (χ1n) is 5.93. The van der Waals surface area contributed by atoms with Crippen LogP contribution in [-0.4, -0.2) is 16.8 Å². The monoisotopic (exact) mass is 209 g/mol. The van der Waals surface area contributed by atoms with Crippen molar-refractivity contribution in [2.45, 2.75) is 45.1 Å². The van der Waals surface area contributed by atoms with Crippen LogP contribution in [0.2, 0.25) is 0 Å². The lowest BCUT2D eigenvalue weighted by molar-refractivity contribution is 0.505. The van der Waals surface area contributed by atoms with E-state index in [4.69, 9.17) is 0 Å². The van der Waals surface area contributed by atoms with Crippen molar-refractivity contribution in [2.24, 2.45) is 7.05 Å². The van der Waals surface area contributed by atoms with Crippen molar-refractivity contribution in [1.29, 1.82) is 0 Å². The first-order chi connectivity index (χ1) is 7.27. The summed E-state index contributed by atoms with van der Waals surface area (Å²) in [6.07, 6.45) is 10.6. The highest BCUT2D eigenvalue weighted by molar-refractivity contribution is 5.09. The number of aromatic nitrogens is 2. The van der Waals surface area contributed by atoms with Crippen molar-refractivity contribution >= 4 is 0 Å². The molecule has 0 aliphatic carbocycles. The minimum absolute atomic E-state index is 0.468. The van der Waals surface area contributed by atoms with Gasteiger partial charge in [0.1, 0.15) is 0 Å². The maximum absolute atomic E-state index is 4.21. The van der Waals surface area contributed by atoms with E-state index in [0.717, 1.165) is 0 Å². The van der Waals surface area contributed by atoms with Gasteiger partial charge >= 0.3 is 0 Å². The Morgan fingerprint density at radius 2 is 2.20 bits per heavy atom. The summed E-state index contributed by atoms with van der Waals surface area (Å²) < 4.78 is 1.87. The Morgan fingerprint density at radius 3 is 2.73 bits per heavy atom. The van der Waals surface area contributed by atoms with Crippen LogP contribution in [0.25, 0.3) is 0 Å². The Balaban J connectivity index is 2.35. The van der Waals surface area contributed by atoms with Crippen molar-refractivity contribution in [2.75, 3.05) is 7.05 Å². The van der Waals surface area contributed by atoms with E-state index in [1.54, 1.807) is 0 Å². The molecule has 0 saturated heterocycles. The zero-order chi connectivity index (χ0) is 11.1. The molecule has 0 aliphatic heterocycles. The highest BCUT2D eigenvalue weighted by Gasteiger charge is 2.09. The molecule has 0 aromatic carbocycles. The van der Waals surface area contributed by atoms with Gasteiger partial charge in [-0.15, -0.1) is 0 Å². The number of rotatable bonds is 7. The third-order valence-corrected chi connectivity index (χ3v) is 2.82. The third kappa shape index (κ3) is 4.04. The summed E-state index contributed by atoms with van der Waals surface area (Å²) >= 11 is 0. The van der Waals surface area contributed by atoms with Crippen LogP contribution in [0.1, 0.15) is 50.6 Å². The smallest absolute Gasteiger partial charge is 0.0537 e. The van der Waals surface area contributed by atoms with Gasteiger partial charge in [-0.2, -0.15) is 5.10 Å². The molecule has 3 nitrogen and oxygen atoms in total. The molecule has 0 bridgehead atoms. The SMILES string of the molecule is CCCCCCC(NC)c1cnn(C)c1.